The third-order valence-electron chi connectivity index (χ3n) is 1.94. The Morgan fingerprint density at radius 2 is 2.13 bits per heavy atom. The van der Waals surface area contributed by atoms with Crippen LogP contribution in [0.25, 0.3) is 0 Å². The van der Waals surface area contributed by atoms with E-state index in [1.165, 1.54) is 5.56 Å². The number of hydrogen-bond acceptors (Lipinski definition) is 2. The number of hydrogen-bond donors (Lipinski definition) is 2. The zero-order valence-electron chi connectivity index (χ0n) is 9.26. The Kier molecular flexibility index (Phi) is 4.52. The van der Waals surface area contributed by atoms with Gasteiger partial charge < -0.3 is 5.32 Å². The van der Waals surface area contributed by atoms with Crippen LogP contribution in [0.3, 0.4) is 0 Å². The fraction of sp³-hybridized carbons (Fsp3) is 0.364. The van der Waals surface area contributed by atoms with Crippen molar-refractivity contribution in [3.8, 4) is 0 Å². The molecule has 2 N–H and O–H groups in total. The largest absolute Gasteiger partial charge is 0.331 e. The van der Waals surface area contributed by atoms with Crippen LogP contribution in [-0.4, -0.2) is 11.7 Å². The van der Waals surface area contributed by atoms with E-state index in [-0.39, 0.29) is 0 Å². The highest BCUT2D eigenvalue weighted by molar-refractivity contribution is 7.80. The fourth-order valence-electron chi connectivity index (χ4n) is 1.24. The first kappa shape index (κ1) is 11.9. The van der Waals surface area contributed by atoms with Crippen LogP contribution < -0.4 is 10.8 Å². The van der Waals surface area contributed by atoms with Gasteiger partial charge in [0.1, 0.15) is 0 Å². The Hall–Kier alpha value is -1.13. The SMILES string of the molecule is CCONC(=S)Nc1ccc(C)cc1C. The lowest BCUT2D eigenvalue weighted by molar-refractivity contribution is 0.0986. The summed E-state index contributed by atoms with van der Waals surface area (Å²) >= 11 is 5.05. The van der Waals surface area contributed by atoms with Crippen molar-refractivity contribution in [2.75, 3.05) is 11.9 Å². The molecule has 0 unspecified atom stereocenters. The fourth-order valence-corrected chi connectivity index (χ4v) is 1.41. The molecule has 1 rings (SSSR count). The maximum absolute atomic E-state index is 5.05. The first-order valence-electron chi connectivity index (χ1n) is 4.89. The molecule has 0 fully saturated rings. The number of benzene rings is 1. The first-order chi connectivity index (χ1) is 7.13. The van der Waals surface area contributed by atoms with E-state index < -0.39 is 0 Å². The number of rotatable bonds is 3. The van der Waals surface area contributed by atoms with Crippen molar-refractivity contribution in [3.63, 3.8) is 0 Å². The monoisotopic (exact) mass is 224 g/mol. The van der Waals surface area contributed by atoms with Gasteiger partial charge in [-0.1, -0.05) is 17.7 Å². The second-order valence-electron chi connectivity index (χ2n) is 3.31. The summed E-state index contributed by atoms with van der Waals surface area (Å²) < 4.78 is 0. The van der Waals surface area contributed by atoms with E-state index >= 15 is 0 Å². The predicted molar refractivity (Wildman–Crippen MR) is 66.9 cm³/mol. The molecule has 0 amide bonds. The summed E-state index contributed by atoms with van der Waals surface area (Å²) in [6, 6.07) is 6.15. The van der Waals surface area contributed by atoms with E-state index in [1.54, 1.807) is 0 Å². The molecule has 0 aliphatic carbocycles. The van der Waals surface area contributed by atoms with Crippen LogP contribution >= 0.6 is 12.2 Å². The molecule has 4 heteroatoms. The molecule has 3 nitrogen and oxygen atoms in total. The summed E-state index contributed by atoms with van der Waals surface area (Å²) in [5, 5.41) is 3.54. The zero-order chi connectivity index (χ0) is 11.3. The molecule has 15 heavy (non-hydrogen) atoms. The number of nitrogens with one attached hydrogen (secondary N) is 2. The summed E-state index contributed by atoms with van der Waals surface area (Å²) in [4.78, 5) is 4.98. The summed E-state index contributed by atoms with van der Waals surface area (Å²) in [6.07, 6.45) is 0. The third kappa shape index (κ3) is 3.85. The van der Waals surface area contributed by atoms with E-state index in [1.807, 2.05) is 26.0 Å². The first-order valence-corrected chi connectivity index (χ1v) is 5.30. The van der Waals surface area contributed by atoms with Gasteiger partial charge in [0.25, 0.3) is 0 Å². The standard InChI is InChI=1S/C11H16N2OS/c1-4-14-13-11(15)12-10-6-5-8(2)7-9(10)3/h5-7H,4H2,1-3H3,(H2,12,13,15). The van der Waals surface area contributed by atoms with Crippen molar-refractivity contribution in [2.45, 2.75) is 20.8 Å². The molecule has 82 valence electrons. The van der Waals surface area contributed by atoms with Crippen molar-refractivity contribution in [1.82, 2.24) is 5.48 Å². The highest BCUT2D eigenvalue weighted by Crippen LogP contribution is 2.15. The lowest BCUT2D eigenvalue weighted by Gasteiger charge is -2.11. The van der Waals surface area contributed by atoms with Gasteiger partial charge in [-0.2, -0.15) is 0 Å². The van der Waals surface area contributed by atoms with Crippen LogP contribution in [-0.2, 0) is 4.84 Å². The topological polar surface area (TPSA) is 33.3 Å². The van der Waals surface area contributed by atoms with Crippen LogP contribution in [0.5, 0.6) is 0 Å². The Balaban J connectivity index is 2.60. The van der Waals surface area contributed by atoms with Gasteiger partial charge in [0.15, 0.2) is 5.11 Å². The Morgan fingerprint density at radius 3 is 2.73 bits per heavy atom. The van der Waals surface area contributed by atoms with Crippen molar-refractivity contribution < 1.29 is 4.84 Å². The highest BCUT2D eigenvalue weighted by Gasteiger charge is 2.00. The van der Waals surface area contributed by atoms with E-state index in [0.717, 1.165) is 11.3 Å². The second-order valence-corrected chi connectivity index (χ2v) is 3.72. The van der Waals surface area contributed by atoms with Crippen LogP contribution in [0.1, 0.15) is 18.1 Å². The van der Waals surface area contributed by atoms with Gasteiger partial charge in [-0.25, -0.2) is 5.48 Å². The van der Waals surface area contributed by atoms with Gasteiger partial charge in [0.05, 0.1) is 6.61 Å². The summed E-state index contributed by atoms with van der Waals surface area (Å²) in [7, 11) is 0. The molecule has 0 aromatic heterocycles. The average Bonchev–Trinajstić information content (AvgIpc) is 2.19. The lowest BCUT2D eigenvalue weighted by atomic mass is 10.1. The maximum atomic E-state index is 5.05. The van der Waals surface area contributed by atoms with Crippen molar-refractivity contribution in [2.24, 2.45) is 0 Å². The normalized spacial score (nSPS) is 9.80. The van der Waals surface area contributed by atoms with Crippen molar-refractivity contribution >= 4 is 23.0 Å². The molecule has 0 spiro atoms. The Labute approximate surface area is 95.8 Å². The highest BCUT2D eigenvalue weighted by atomic mass is 32.1. The molecule has 0 aliphatic rings. The molecule has 0 atom stereocenters. The lowest BCUT2D eigenvalue weighted by Crippen LogP contribution is -2.28. The van der Waals surface area contributed by atoms with Crippen LogP contribution in [0.15, 0.2) is 18.2 Å². The average molecular weight is 224 g/mol. The van der Waals surface area contributed by atoms with E-state index in [4.69, 9.17) is 17.1 Å². The molecule has 1 aromatic carbocycles. The third-order valence-corrected chi connectivity index (χ3v) is 2.12. The van der Waals surface area contributed by atoms with Crippen LogP contribution in [0.2, 0.25) is 0 Å². The van der Waals surface area contributed by atoms with Gasteiger partial charge >= 0.3 is 0 Å². The Bertz CT molecular complexity index is 352. The number of hydroxylamine groups is 1. The molecular weight excluding hydrogens is 208 g/mol. The van der Waals surface area contributed by atoms with Crippen LogP contribution in [0, 0.1) is 13.8 Å². The quantitative estimate of drug-likeness (QED) is 0.610. The van der Waals surface area contributed by atoms with Gasteiger partial charge in [0, 0.05) is 5.69 Å². The number of aryl methyl sites for hydroxylation is 2. The number of anilines is 1. The molecule has 0 aliphatic heterocycles. The van der Waals surface area contributed by atoms with E-state index in [2.05, 4.69) is 23.8 Å². The summed E-state index contributed by atoms with van der Waals surface area (Å²) in [5.41, 5.74) is 6.04. The second kappa shape index (κ2) is 5.68. The van der Waals surface area contributed by atoms with E-state index in [0.29, 0.717) is 11.7 Å². The van der Waals surface area contributed by atoms with Crippen molar-refractivity contribution in [3.05, 3.63) is 29.3 Å². The summed E-state index contributed by atoms with van der Waals surface area (Å²) in [6.45, 7) is 6.58. The molecular formula is C11H16N2OS. The number of thiocarbonyl (C=S) groups is 1. The molecule has 0 saturated heterocycles. The molecule has 0 radical (unpaired) electrons. The van der Waals surface area contributed by atoms with Gasteiger partial charge in [-0.3, -0.25) is 4.84 Å². The minimum atomic E-state index is 0.476. The van der Waals surface area contributed by atoms with Crippen LogP contribution in [0.4, 0.5) is 5.69 Å². The molecule has 0 saturated carbocycles. The van der Waals surface area contributed by atoms with Gasteiger partial charge in [-0.15, -0.1) is 0 Å². The molecule has 0 bridgehead atoms. The smallest absolute Gasteiger partial charge is 0.195 e. The maximum Gasteiger partial charge on any atom is 0.195 e. The minimum absolute atomic E-state index is 0.476. The minimum Gasteiger partial charge on any atom is -0.331 e. The van der Waals surface area contributed by atoms with E-state index in [9.17, 15) is 0 Å². The van der Waals surface area contributed by atoms with Gasteiger partial charge in [-0.05, 0) is 44.6 Å². The zero-order valence-corrected chi connectivity index (χ0v) is 10.1. The predicted octanol–water partition coefficient (Wildman–Crippen LogP) is 2.54. The molecule has 0 heterocycles. The summed E-state index contributed by atoms with van der Waals surface area (Å²) in [5.74, 6) is 0. The molecule has 1 aromatic rings. The Morgan fingerprint density at radius 1 is 1.40 bits per heavy atom. The van der Waals surface area contributed by atoms with Crippen molar-refractivity contribution in [1.29, 1.82) is 0 Å². The van der Waals surface area contributed by atoms with Gasteiger partial charge in [0.2, 0.25) is 0 Å².